The molecule has 1 spiro atoms. The highest BCUT2D eigenvalue weighted by atomic mass is 16.5. The van der Waals surface area contributed by atoms with Gasteiger partial charge in [0.05, 0.1) is 12.2 Å². The molecule has 3 aliphatic rings. The molecule has 80 valence electrons. The maximum atomic E-state index is 5.92. The van der Waals surface area contributed by atoms with Crippen molar-refractivity contribution >= 4 is 0 Å². The van der Waals surface area contributed by atoms with Gasteiger partial charge in [-0.3, -0.25) is 0 Å². The first-order valence-corrected chi connectivity index (χ1v) is 5.97. The first-order valence-electron chi connectivity index (χ1n) is 5.97. The third kappa shape index (κ3) is 1.58. The Kier molecular flexibility index (Phi) is 2.26. The van der Waals surface area contributed by atoms with Gasteiger partial charge in [-0.15, -0.1) is 0 Å². The zero-order chi connectivity index (χ0) is 9.43. The molecule has 3 rings (SSSR count). The highest BCUT2D eigenvalue weighted by molar-refractivity contribution is 4.99. The van der Waals surface area contributed by atoms with Crippen LogP contribution in [0.5, 0.6) is 0 Å². The van der Waals surface area contributed by atoms with Gasteiger partial charge in [-0.25, -0.2) is 0 Å². The quantitative estimate of drug-likeness (QED) is 0.680. The summed E-state index contributed by atoms with van der Waals surface area (Å²) in [6.45, 7) is 3.26. The Bertz CT molecular complexity index is 209. The van der Waals surface area contributed by atoms with Gasteiger partial charge >= 0.3 is 0 Å². The summed E-state index contributed by atoms with van der Waals surface area (Å²) in [6.07, 6.45) is 6.51. The van der Waals surface area contributed by atoms with Crippen LogP contribution in [0.2, 0.25) is 0 Å². The molecule has 2 N–H and O–H groups in total. The van der Waals surface area contributed by atoms with Gasteiger partial charge in [0.1, 0.15) is 0 Å². The molecule has 14 heavy (non-hydrogen) atoms. The summed E-state index contributed by atoms with van der Waals surface area (Å²) in [4.78, 5) is 0. The molecule has 2 unspecified atom stereocenters. The molecular formula is C11H20N2O. The molecule has 0 aromatic heterocycles. The van der Waals surface area contributed by atoms with Crippen molar-refractivity contribution < 1.29 is 4.74 Å². The van der Waals surface area contributed by atoms with Crippen LogP contribution in [0.1, 0.15) is 32.1 Å². The molecule has 2 aliphatic heterocycles. The van der Waals surface area contributed by atoms with Crippen LogP contribution in [0.4, 0.5) is 0 Å². The Labute approximate surface area is 85.6 Å². The van der Waals surface area contributed by atoms with E-state index in [1.807, 2.05) is 0 Å². The Morgan fingerprint density at radius 3 is 2.79 bits per heavy atom. The summed E-state index contributed by atoms with van der Waals surface area (Å²) in [7, 11) is 0. The Hall–Kier alpha value is -0.120. The molecule has 1 saturated carbocycles. The van der Waals surface area contributed by atoms with Crippen LogP contribution >= 0.6 is 0 Å². The van der Waals surface area contributed by atoms with E-state index in [0.717, 1.165) is 13.2 Å². The van der Waals surface area contributed by atoms with E-state index in [2.05, 4.69) is 10.6 Å². The molecule has 0 bridgehead atoms. The molecule has 3 fully saturated rings. The second kappa shape index (κ2) is 3.47. The predicted molar refractivity (Wildman–Crippen MR) is 55.3 cm³/mol. The number of rotatable bonds is 2. The number of hydrogen-bond donors (Lipinski definition) is 2. The monoisotopic (exact) mass is 196 g/mol. The minimum atomic E-state index is 0.309. The first kappa shape index (κ1) is 9.13. The average molecular weight is 196 g/mol. The third-order valence-corrected chi connectivity index (χ3v) is 4.01. The molecule has 2 saturated heterocycles. The summed E-state index contributed by atoms with van der Waals surface area (Å²) in [5.41, 5.74) is 0.309. The maximum absolute atomic E-state index is 5.92. The normalized spacial score (nSPS) is 40.3. The SMILES string of the molecule is C1CC2(C1)CC(NC1CCNC1)CO2. The topological polar surface area (TPSA) is 33.3 Å². The molecule has 2 heterocycles. The summed E-state index contributed by atoms with van der Waals surface area (Å²) >= 11 is 0. The van der Waals surface area contributed by atoms with Crippen molar-refractivity contribution in [1.29, 1.82) is 0 Å². The van der Waals surface area contributed by atoms with Crippen LogP contribution in [-0.2, 0) is 4.74 Å². The lowest BCUT2D eigenvalue weighted by molar-refractivity contribution is -0.0563. The fraction of sp³-hybridized carbons (Fsp3) is 1.00. The summed E-state index contributed by atoms with van der Waals surface area (Å²) < 4.78 is 5.92. The number of ether oxygens (including phenoxy) is 1. The van der Waals surface area contributed by atoms with Crippen molar-refractivity contribution in [2.75, 3.05) is 19.7 Å². The number of nitrogens with one attached hydrogen (secondary N) is 2. The van der Waals surface area contributed by atoms with Gasteiger partial charge < -0.3 is 15.4 Å². The molecule has 0 amide bonds. The first-order chi connectivity index (χ1) is 6.86. The highest BCUT2D eigenvalue weighted by Gasteiger charge is 2.45. The van der Waals surface area contributed by atoms with Crippen molar-refractivity contribution in [3.8, 4) is 0 Å². The second-order valence-corrected chi connectivity index (χ2v) is 5.11. The summed E-state index contributed by atoms with van der Waals surface area (Å²) in [5, 5.41) is 7.11. The lowest BCUT2D eigenvalue weighted by atomic mass is 9.77. The Morgan fingerprint density at radius 2 is 2.21 bits per heavy atom. The fourth-order valence-electron chi connectivity index (χ4n) is 3.00. The van der Waals surface area contributed by atoms with Gasteiger partial charge in [0, 0.05) is 18.6 Å². The van der Waals surface area contributed by atoms with E-state index >= 15 is 0 Å². The van der Waals surface area contributed by atoms with Crippen molar-refractivity contribution in [3.05, 3.63) is 0 Å². The van der Waals surface area contributed by atoms with E-state index in [9.17, 15) is 0 Å². The van der Waals surface area contributed by atoms with Crippen LogP contribution in [0.3, 0.4) is 0 Å². The smallest absolute Gasteiger partial charge is 0.0699 e. The molecule has 1 aliphatic carbocycles. The van der Waals surface area contributed by atoms with E-state index < -0.39 is 0 Å². The minimum absolute atomic E-state index is 0.309. The molecule has 0 aromatic carbocycles. The fourth-order valence-corrected chi connectivity index (χ4v) is 3.00. The molecule has 0 radical (unpaired) electrons. The Balaban J connectivity index is 1.50. The van der Waals surface area contributed by atoms with E-state index in [4.69, 9.17) is 4.74 Å². The van der Waals surface area contributed by atoms with Crippen LogP contribution in [-0.4, -0.2) is 37.4 Å². The largest absolute Gasteiger partial charge is 0.373 e. The molecule has 3 heteroatoms. The van der Waals surface area contributed by atoms with E-state index in [-0.39, 0.29) is 0 Å². The van der Waals surface area contributed by atoms with Gasteiger partial charge in [0.25, 0.3) is 0 Å². The summed E-state index contributed by atoms with van der Waals surface area (Å²) in [6, 6.07) is 1.32. The van der Waals surface area contributed by atoms with E-state index in [0.29, 0.717) is 17.7 Å². The van der Waals surface area contributed by atoms with Crippen molar-refractivity contribution in [3.63, 3.8) is 0 Å². The van der Waals surface area contributed by atoms with Gasteiger partial charge in [-0.05, 0) is 38.6 Å². The Morgan fingerprint density at radius 1 is 1.29 bits per heavy atom. The minimum Gasteiger partial charge on any atom is -0.373 e. The van der Waals surface area contributed by atoms with Crippen molar-refractivity contribution in [1.82, 2.24) is 10.6 Å². The van der Waals surface area contributed by atoms with E-state index in [1.165, 1.54) is 38.6 Å². The molecular weight excluding hydrogens is 176 g/mol. The maximum Gasteiger partial charge on any atom is 0.0699 e. The van der Waals surface area contributed by atoms with Gasteiger partial charge in [-0.2, -0.15) is 0 Å². The van der Waals surface area contributed by atoms with Crippen molar-refractivity contribution in [2.24, 2.45) is 0 Å². The average Bonchev–Trinajstić information content (AvgIpc) is 2.72. The van der Waals surface area contributed by atoms with Crippen LogP contribution in [0.25, 0.3) is 0 Å². The number of hydrogen-bond acceptors (Lipinski definition) is 3. The summed E-state index contributed by atoms with van der Waals surface area (Å²) in [5.74, 6) is 0. The van der Waals surface area contributed by atoms with Crippen molar-refractivity contribution in [2.45, 2.75) is 49.8 Å². The molecule has 0 aromatic rings. The van der Waals surface area contributed by atoms with Crippen LogP contribution in [0, 0.1) is 0 Å². The van der Waals surface area contributed by atoms with Gasteiger partial charge in [0.2, 0.25) is 0 Å². The standard InChI is InChI=1S/C11H20N2O/c1-3-11(4-1)6-10(8-14-11)13-9-2-5-12-7-9/h9-10,12-13H,1-8H2. The zero-order valence-electron chi connectivity index (χ0n) is 8.72. The van der Waals surface area contributed by atoms with Crippen LogP contribution in [0.15, 0.2) is 0 Å². The predicted octanol–water partition coefficient (Wildman–Crippen LogP) is 0.649. The lowest BCUT2D eigenvalue weighted by Crippen LogP contribution is -2.42. The van der Waals surface area contributed by atoms with Gasteiger partial charge in [0.15, 0.2) is 0 Å². The molecule has 3 nitrogen and oxygen atoms in total. The molecule has 2 atom stereocenters. The van der Waals surface area contributed by atoms with E-state index in [1.54, 1.807) is 0 Å². The third-order valence-electron chi connectivity index (χ3n) is 4.01. The second-order valence-electron chi connectivity index (χ2n) is 5.11. The zero-order valence-corrected chi connectivity index (χ0v) is 8.72. The lowest BCUT2D eigenvalue weighted by Gasteiger charge is -2.37. The van der Waals surface area contributed by atoms with Crippen LogP contribution < -0.4 is 10.6 Å². The highest BCUT2D eigenvalue weighted by Crippen LogP contribution is 2.43. The van der Waals surface area contributed by atoms with Gasteiger partial charge in [-0.1, -0.05) is 0 Å².